The van der Waals surface area contributed by atoms with Gasteiger partial charge >= 0.3 is 0 Å². The third-order valence-electron chi connectivity index (χ3n) is 1.07. The molecule has 56 valence electrons. The summed E-state index contributed by atoms with van der Waals surface area (Å²) in [5.41, 5.74) is 1.20. The van der Waals surface area contributed by atoms with Crippen LogP contribution in [0.5, 0.6) is 0 Å². The van der Waals surface area contributed by atoms with Crippen molar-refractivity contribution in [3.63, 3.8) is 0 Å². The molecule has 0 rings (SSSR count). The maximum atomic E-state index is 3.88. The highest BCUT2D eigenvalue weighted by Crippen LogP contribution is 2.20. The van der Waals surface area contributed by atoms with Crippen LogP contribution in [0, 0.1) is 0 Å². The lowest BCUT2D eigenvalue weighted by Crippen LogP contribution is -1.83. The molecule has 0 aliphatic rings. The second-order valence-electron chi connectivity index (χ2n) is 1.69. The average molecular weight is 219 g/mol. The minimum absolute atomic E-state index is 0.846. The van der Waals surface area contributed by atoms with E-state index in [1.807, 2.05) is 12.3 Å². The molecule has 0 spiro atoms. The summed E-state index contributed by atoms with van der Waals surface area (Å²) in [7, 11) is 0. The molecule has 0 aromatic rings. The monoisotopic (exact) mass is 218 g/mol. The van der Waals surface area contributed by atoms with E-state index in [9.17, 15) is 0 Å². The van der Waals surface area contributed by atoms with Crippen molar-refractivity contribution in [2.45, 2.75) is 0 Å². The van der Waals surface area contributed by atoms with Crippen LogP contribution in [0.2, 0.25) is 0 Å². The summed E-state index contributed by atoms with van der Waals surface area (Å²) in [4.78, 5) is 1.09. The van der Waals surface area contributed by atoms with Gasteiger partial charge in [0.15, 0.2) is 0 Å². The van der Waals surface area contributed by atoms with Gasteiger partial charge < -0.3 is 0 Å². The largest absolute Gasteiger partial charge is 0.130 e. The van der Waals surface area contributed by atoms with E-state index < -0.39 is 0 Å². The third-order valence-corrected chi connectivity index (χ3v) is 2.43. The second kappa shape index (κ2) is 5.81. The van der Waals surface area contributed by atoms with Gasteiger partial charge in [-0.1, -0.05) is 41.2 Å². The van der Waals surface area contributed by atoms with Gasteiger partial charge in [0.1, 0.15) is 0 Å². The van der Waals surface area contributed by atoms with Crippen LogP contribution < -0.4 is 0 Å². The molecule has 0 amide bonds. The zero-order valence-electron chi connectivity index (χ0n) is 6.06. The summed E-state index contributed by atoms with van der Waals surface area (Å²) >= 11 is 5.02. The summed E-state index contributed by atoms with van der Waals surface area (Å²) in [6, 6.07) is 0. The van der Waals surface area contributed by atoms with E-state index in [4.69, 9.17) is 0 Å². The van der Waals surface area contributed by atoms with Gasteiger partial charge in [0.25, 0.3) is 0 Å². The topological polar surface area (TPSA) is 0 Å². The van der Waals surface area contributed by atoms with Crippen molar-refractivity contribution in [1.82, 2.24) is 0 Å². The Balaban J connectivity index is 4.19. The first kappa shape index (κ1) is 10.0. The van der Waals surface area contributed by atoms with Crippen LogP contribution in [0.1, 0.15) is 0 Å². The summed E-state index contributed by atoms with van der Waals surface area (Å²) in [6.45, 7) is 7.50. The Bertz CT molecular complexity index is 159. The fraction of sp³-hybridized carbons (Fsp3) is 0.250. The lowest BCUT2D eigenvalue weighted by Gasteiger charge is -2.01. The van der Waals surface area contributed by atoms with Crippen LogP contribution in [-0.2, 0) is 0 Å². The Morgan fingerprint density at radius 3 is 2.60 bits per heavy atom. The molecule has 0 saturated carbocycles. The Morgan fingerprint density at radius 2 is 2.30 bits per heavy atom. The van der Waals surface area contributed by atoms with Gasteiger partial charge in [-0.2, -0.15) is 0 Å². The minimum atomic E-state index is 0.846. The number of allylic oxidation sites excluding steroid dienone is 3. The molecule has 0 nitrogen and oxygen atoms in total. The van der Waals surface area contributed by atoms with E-state index in [1.165, 1.54) is 5.57 Å². The molecule has 0 aliphatic carbocycles. The molecular formula is C8H11BrS. The van der Waals surface area contributed by atoms with Crippen molar-refractivity contribution >= 4 is 27.7 Å². The fourth-order valence-electron chi connectivity index (χ4n) is 0.485. The van der Waals surface area contributed by atoms with Crippen LogP contribution in [0.4, 0.5) is 0 Å². The molecule has 0 aromatic carbocycles. The molecule has 0 bridgehead atoms. The normalized spacial score (nSPS) is 11.2. The predicted octanol–water partition coefficient (Wildman–Crippen LogP) is 3.37. The lowest BCUT2D eigenvalue weighted by atomic mass is 10.3. The molecule has 0 aliphatic heterocycles. The maximum Gasteiger partial charge on any atom is 0.0293 e. The molecule has 0 fully saturated rings. The third kappa shape index (κ3) is 3.28. The number of halogens is 1. The van der Waals surface area contributed by atoms with Gasteiger partial charge in [-0.25, -0.2) is 0 Å². The highest BCUT2D eigenvalue weighted by molar-refractivity contribution is 9.09. The Labute approximate surface area is 75.2 Å². The summed E-state index contributed by atoms with van der Waals surface area (Å²) in [5.74, 6) is 0. The number of hydrogen-bond acceptors (Lipinski definition) is 1. The molecule has 0 N–H and O–H groups in total. The molecule has 2 heteroatoms. The molecule has 0 saturated heterocycles. The molecule has 0 heterocycles. The first-order valence-electron chi connectivity index (χ1n) is 2.87. The molecule has 0 radical (unpaired) electrons. The number of thioether (sulfide) groups is 1. The maximum absolute atomic E-state index is 3.88. The van der Waals surface area contributed by atoms with Gasteiger partial charge in [0.05, 0.1) is 0 Å². The number of hydrogen-bond donors (Lipinski definition) is 0. The zero-order valence-corrected chi connectivity index (χ0v) is 8.46. The molecule has 0 aromatic heterocycles. The van der Waals surface area contributed by atoms with Crippen LogP contribution in [0.25, 0.3) is 0 Å². The van der Waals surface area contributed by atoms with Gasteiger partial charge in [-0.15, -0.1) is 11.8 Å². The first-order valence-corrected chi connectivity index (χ1v) is 5.21. The van der Waals surface area contributed by atoms with Crippen molar-refractivity contribution in [1.29, 1.82) is 0 Å². The second-order valence-corrected chi connectivity index (χ2v) is 3.15. The van der Waals surface area contributed by atoms with E-state index in [0.717, 1.165) is 10.2 Å². The molecular weight excluding hydrogens is 208 g/mol. The Kier molecular flexibility index (Phi) is 5.84. The van der Waals surface area contributed by atoms with Gasteiger partial charge in [0, 0.05) is 10.2 Å². The Morgan fingerprint density at radius 1 is 1.70 bits per heavy atom. The average Bonchev–Trinajstić information content (AvgIpc) is 1.99. The first-order chi connectivity index (χ1) is 4.76. The van der Waals surface area contributed by atoms with Gasteiger partial charge in [-0.3, -0.25) is 0 Å². The van der Waals surface area contributed by atoms with Crippen molar-refractivity contribution < 1.29 is 0 Å². The van der Waals surface area contributed by atoms with Crippen molar-refractivity contribution in [3.05, 3.63) is 35.8 Å². The van der Waals surface area contributed by atoms with Gasteiger partial charge in [-0.05, 0) is 11.8 Å². The van der Waals surface area contributed by atoms with E-state index in [0.29, 0.717) is 0 Å². The molecule has 10 heavy (non-hydrogen) atoms. The van der Waals surface area contributed by atoms with E-state index in [1.54, 1.807) is 17.8 Å². The SMILES string of the molecule is C=C/C=C(/CBr)C(=C)SC. The summed E-state index contributed by atoms with van der Waals surface area (Å²) < 4.78 is 0. The zero-order chi connectivity index (χ0) is 7.98. The molecule has 0 unspecified atom stereocenters. The van der Waals surface area contributed by atoms with Crippen molar-refractivity contribution in [3.8, 4) is 0 Å². The smallest absolute Gasteiger partial charge is 0.0293 e. The van der Waals surface area contributed by atoms with Crippen LogP contribution in [-0.4, -0.2) is 11.6 Å². The standard InChI is InChI=1S/C8H11BrS/c1-4-5-8(6-9)7(2)10-3/h4-5H,1-2,6H2,3H3/b8-5-. The Hall–Kier alpha value is 0.0500. The lowest BCUT2D eigenvalue weighted by molar-refractivity contribution is 1.55. The van der Waals surface area contributed by atoms with Gasteiger partial charge in [0.2, 0.25) is 0 Å². The van der Waals surface area contributed by atoms with Crippen molar-refractivity contribution in [2.75, 3.05) is 11.6 Å². The number of alkyl halides is 1. The van der Waals surface area contributed by atoms with Crippen LogP contribution in [0.15, 0.2) is 35.8 Å². The quantitative estimate of drug-likeness (QED) is 0.516. The number of rotatable bonds is 4. The van der Waals surface area contributed by atoms with E-state index in [2.05, 4.69) is 29.1 Å². The van der Waals surface area contributed by atoms with E-state index >= 15 is 0 Å². The highest BCUT2D eigenvalue weighted by atomic mass is 79.9. The van der Waals surface area contributed by atoms with Crippen LogP contribution >= 0.6 is 27.7 Å². The summed E-state index contributed by atoms with van der Waals surface area (Å²) in [6.07, 6.45) is 5.76. The van der Waals surface area contributed by atoms with E-state index in [-0.39, 0.29) is 0 Å². The molecule has 0 atom stereocenters. The minimum Gasteiger partial charge on any atom is -0.130 e. The predicted molar refractivity (Wildman–Crippen MR) is 54.7 cm³/mol. The highest BCUT2D eigenvalue weighted by Gasteiger charge is 1.96. The fourth-order valence-corrected chi connectivity index (χ4v) is 1.60. The van der Waals surface area contributed by atoms with Crippen molar-refractivity contribution in [2.24, 2.45) is 0 Å². The van der Waals surface area contributed by atoms with Crippen LogP contribution in [0.3, 0.4) is 0 Å². The summed E-state index contributed by atoms with van der Waals surface area (Å²) in [5, 5.41) is 0.846.